The predicted molar refractivity (Wildman–Crippen MR) is 80.6 cm³/mol. The van der Waals surface area contributed by atoms with E-state index in [2.05, 4.69) is 34.5 Å². The smallest absolute Gasteiger partial charge is 0.208 e. The highest BCUT2D eigenvalue weighted by molar-refractivity contribution is 9.10. The molecule has 5 heteroatoms. The quantitative estimate of drug-likeness (QED) is 0.911. The van der Waals surface area contributed by atoms with Gasteiger partial charge in [0.05, 0.1) is 4.90 Å². The first-order valence-corrected chi connectivity index (χ1v) is 8.87. The first-order valence-electron chi connectivity index (χ1n) is 6.60. The minimum Gasteiger partial charge on any atom is -0.208 e. The van der Waals surface area contributed by atoms with E-state index >= 15 is 0 Å². The normalized spacial score (nSPS) is 27.7. The van der Waals surface area contributed by atoms with Gasteiger partial charge in [0.25, 0.3) is 0 Å². The number of rotatable bonds is 3. The van der Waals surface area contributed by atoms with Crippen LogP contribution in [0.3, 0.4) is 0 Å². The molecule has 1 aromatic carbocycles. The third-order valence-corrected chi connectivity index (χ3v) is 6.34. The molecule has 0 heterocycles. The fourth-order valence-corrected chi connectivity index (χ4v) is 4.80. The van der Waals surface area contributed by atoms with Gasteiger partial charge in [-0.05, 0) is 49.3 Å². The second-order valence-corrected chi connectivity index (χ2v) is 8.15. The highest BCUT2D eigenvalue weighted by Gasteiger charge is 2.33. The third-order valence-electron chi connectivity index (χ3n) is 4.21. The van der Waals surface area contributed by atoms with Gasteiger partial charge in [0.1, 0.15) is 0 Å². The number of hydrogen-bond acceptors (Lipinski definition) is 2. The molecule has 3 atom stereocenters. The van der Waals surface area contributed by atoms with Crippen LogP contribution in [-0.2, 0) is 10.0 Å². The maximum atomic E-state index is 12.5. The van der Waals surface area contributed by atoms with Gasteiger partial charge in [-0.1, -0.05) is 35.8 Å². The number of sulfonamides is 1. The Kier molecular flexibility index (Phi) is 4.38. The van der Waals surface area contributed by atoms with Crippen LogP contribution in [0, 0.1) is 18.8 Å². The molecule has 19 heavy (non-hydrogen) atoms. The average molecular weight is 346 g/mol. The van der Waals surface area contributed by atoms with E-state index < -0.39 is 10.0 Å². The molecule has 2 rings (SSSR count). The number of hydrogen-bond donors (Lipinski definition) is 1. The summed E-state index contributed by atoms with van der Waals surface area (Å²) in [7, 11) is -3.43. The molecule has 0 amide bonds. The van der Waals surface area contributed by atoms with Crippen LogP contribution in [0.4, 0.5) is 0 Å². The van der Waals surface area contributed by atoms with Gasteiger partial charge in [-0.3, -0.25) is 0 Å². The maximum absolute atomic E-state index is 12.5. The molecule has 1 N–H and O–H groups in total. The molecule has 1 aromatic rings. The number of nitrogens with one attached hydrogen (secondary N) is 1. The molecule has 1 fully saturated rings. The van der Waals surface area contributed by atoms with Crippen molar-refractivity contribution >= 4 is 26.0 Å². The van der Waals surface area contributed by atoms with Crippen LogP contribution in [0.15, 0.2) is 27.6 Å². The number of aryl methyl sites for hydroxylation is 1. The van der Waals surface area contributed by atoms with Gasteiger partial charge >= 0.3 is 0 Å². The summed E-state index contributed by atoms with van der Waals surface area (Å²) in [5, 5.41) is 0. The largest absolute Gasteiger partial charge is 0.241 e. The first-order chi connectivity index (χ1) is 8.81. The molecule has 0 saturated heterocycles. The van der Waals surface area contributed by atoms with Crippen LogP contribution in [0.25, 0.3) is 0 Å². The summed E-state index contributed by atoms with van der Waals surface area (Å²) < 4.78 is 28.6. The van der Waals surface area contributed by atoms with Crippen LogP contribution in [0.2, 0.25) is 0 Å². The Morgan fingerprint density at radius 1 is 1.26 bits per heavy atom. The zero-order valence-electron chi connectivity index (χ0n) is 11.5. The van der Waals surface area contributed by atoms with Crippen molar-refractivity contribution in [3.8, 4) is 0 Å². The van der Waals surface area contributed by atoms with Crippen molar-refractivity contribution < 1.29 is 8.42 Å². The van der Waals surface area contributed by atoms with Crippen molar-refractivity contribution in [1.29, 1.82) is 0 Å². The van der Waals surface area contributed by atoms with E-state index in [1.807, 2.05) is 19.1 Å². The molecule has 1 aliphatic carbocycles. The molecule has 0 aliphatic heterocycles. The Labute approximate surface area is 124 Å². The highest BCUT2D eigenvalue weighted by Crippen LogP contribution is 2.32. The second-order valence-electron chi connectivity index (χ2n) is 5.55. The van der Waals surface area contributed by atoms with Crippen molar-refractivity contribution in [1.82, 2.24) is 4.72 Å². The Hall–Kier alpha value is -0.390. The molecule has 3 unspecified atom stereocenters. The summed E-state index contributed by atoms with van der Waals surface area (Å²) in [6.07, 6.45) is 2.01. The second kappa shape index (κ2) is 5.54. The van der Waals surface area contributed by atoms with Gasteiger partial charge in [0.15, 0.2) is 0 Å². The van der Waals surface area contributed by atoms with Crippen molar-refractivity contribution in [2.45, 2.75) is 44.6 Å². The Morgan fingerprint density at radius 2 is 1.95 bits per heavy atom. The lowest BCUT2D eigenvalue weighted by molar-refractivity contribution is 0.402. The summed E-state index contributed by atoms with van der Waals surface area (Å²) >= 11 is 3.33. The minimum absolute atomic E-state index is 0.0541. The van der Waals surface area contributed by atoms with E-state index in [9.17, 15) is 8.42 Å². The molecule has 0 bridgehead atoms. The summed E-state index contributed by atoms with van der Waals surface area (Å²) in [6, 6.07) is 5.40. The maximum Gasteiger partial charge on any atom is 0.241 e. The van der Waals surface area contributed by atoms with Gasteiger partial charge in [0, 0.05) is 10.5 Å². The molecule has 106 valence electrons. The number of halogens is 1. The summed E-state index contributed by atoms with van der Waals surface area (Å²) in [6.45, 7) is 6.13. The number of benzene rings is 1. The van der Waals surface area contributed by atoms with E-state index in [1.54, 1.807) is 6.07 Å². The van der Waals surface area contributed by atoms with Crippen molar-refractivity contribution in [3.63, 3.8) is 0 Å². The third kappa shape index (κ3) is 3.20. The fourth-order valence-electron chi connectivity index (χ4n) is 2.66. The summed E-state index contributed by atoms with van der Waals surface area (Å²) in [4.78, 5) is 0.369. The predicted octanol–water partition coefficient (Wildman–Crippen LogP) is 3.47. The van der Waals surface area contributed by atoms with Crippen molar-refractivity contribution in [2.75, 3.05) is 0 Å². The van der Waals surface area contributed by atoms with Crippen LogP contribution in [-0.4, -0.2) is 14.5 Å². The van der Waals surface area contributed by atoms with E-state index in [1.165, 1.54) is 0 Å². The lowest BCUT2D eigenvalue weighted by Gasteiger charge is -2.20. The SMILES string of the molecule is Cc1ccc(Br)cc1S(=O)(=O)NC1CCC(C)C1C. The highest BCUT2D eigenvalue weighted by atomic mass is 79.9. The zero-order valence-corrected chi connectivity index (χ0v) is 13.9. The summed E-state index contributed by atoms with van der Waals surface area (Å²) in [5.41, 5.74) is 0.773. The molecular formula is C14H20BrNO2S. The lowest BCUT2D eigenvalue weighted by Crippen LogP contribution is -2.37. The van der Waals surface area contributed by atoms with E-state index in [0.29, 0.717) is 16.7 Å². The monoisotopic (exact) mass is 345 g/mol. The Morgan fingerprint density at radius 3 is 2.53 bits per heavy atom. The molecule has 0 spiro atoms. The van der Waals surface area contributed by atoms with E-state index in [-0.39, 0.29) is 6.04 Å². The van der Waals surface area contributed by atoms with Gasteiger partial charge < -0.3 is 0 Å². The van der Waals surface area contributed by atoms with E-state index in [4.69, 9.17) is 0 Å². The van der Waals surface area contributed by atoms with Crippen LogP contribution < -0.4 is 4.72 Å². The van der Waals surface area contributed by atoms with Crippen molar-refractivity contribution in [3.05, 3.63) is 28.2 Å². The summed E-state index contributed by atoms with van der Waals surface area (Å²) in [5.74, 6) is 0.971. The molecule has 3 nitrogen and oxygen atoms in total. The Balaban J connectivity index is 2.26. The van der Waals surface area contributed by atoms with Crippen molar-refractivity contribution in [2.24, 2.45) is 11.8 Å². The van der Waals surface area contributed by atoms with Gasteiger partial charge in [-0.25, -0.2) is 13.1 Å². The molecule has 1 saturated carbocycles. The Bertz CT molecular complexity index is 571. The fraction of sp³-hybridized carbons (Fsp3) is 0.571. The van der Waals surface area contributed by atoms with Crippen LogP contribution >= 0.6 is 15.9 Å². The minimum atomic E-state index is -3.43. The van der Waals surface area contributed by atoms with Gasteiger partial charge in [-0.15, -0.1) is 0 Å². The van der Waals surface area contributed by atoms with Crippen LogP contribution in [0.5, 0.6) is 0 Å². The molecule has 0 aromatic heterocycles. The lowest BCUT2D eigenvalue weighted by atomic mass is 9.98. The standard InChI is InChI=1S/C14H20BrNO2S/c1-9-5-7-13(11(9)3)16-19(17,18)14-8-12(15)6-4-10(14)2/h4,6,8-9,11,13,16H,5,7H2,1-3H3. The van der Waals surface area contributed by atoms with E-state index in [0.717, 1.165) is 22.9 Å². The zero-order chi connectivity index (χ0) is 14.2. The molecular weight excluding hydrogens is 326 g/mol. The molecule has 1 aliphatic rings. The first kappa shape index (κ1) is 15.0. The molecule has 0 radical (unpaired) electrons. The van der Waals surface area contributed by atoms with Gasteiger partial charge in [-0.2, -0.15) is 0 Å². The van der Waals surface area contributed by atoms with Gasteiger partial charge in [0.2, 0.25) is 10.0 Å². The van der Waals surface area contributed by atoms with Crippen LogP contribution in [0.1, 0.15) is 32.3 Å². The topological polar surface area (TPSA) is 46.2 Å². The average Bonchev–Trinajstić information content (AvgIpc) is 2.63.